The average molecular weight is 440 g/mol. The Morgan fingerprint density at radius 3 is 2.16 bits per heavy atom. The molecule has 1 amide bonds. The van der Waals surface area contributed by atoms with Gasteiger partial charge in [-0.05, 0) is 24.3 Å². The van der Waals surface area contributed by atoms with Crippen molar-refractivity contribution in [3.63, 3.8) is 0 Å². The van der Waals surface area contributed by atoms with Crippen molar-refractivity contribution in [3.05, 3.63) is 58.6 Å². The number of non-ortho nitro benzene ring substituents is 1. The van der Waals surface area contributed by atoms with Gasteiger partial charge in [0.2, 0.25) is 5.91 Å². The summed E-state index contributed by atoms with van der Waals surface area (Å²) >= 11 is 0. The van der Waals surface area contributed by atoms with Crippen LogP contribution in [0.15, 0.2) is 48.5 Å². The Labute approximate surface area is 187 Å². The Kier molecular flexibility index (Phi) is 6.75. The minimum atomic E-state index is -0.385. The van der Waals surface area contributed by atoms with E-state index < -0.39 is 0 Å². The number of hydrogen-bond acceptors (Lipinski definition) is 7. The predicted octanol–water partition coefficient (Wildman–Crippen LogP) is 2.07. The first kappa shape index (κ1) is 21.9. The molecule has 2 aromatic rings. The van der Waals surface area contributed by atoms with Gasteiger partial charge in [-0.15, -0.1) is 0 Å². The molecule has 4 rings (SSSR count). The van der Waals surface area contributed by atoms with Gasteiger partial charge in [0.15, 0.2) is 0 Å². The van der Waals surface area contributed by atoms with Crippen molar-refractivity contribution in [1.29, 1.82) is 0 Å². The lowest BCUT2D eigenvalue weighted by Gasteiger charge is -2.39. The van der Waals surface area contributed by atoms with Gasteiger partial charge in [0.1, 0.15) is 5.75 Å². The molecule has 2 aromatic carbocycles. The summed E-state index contributed by atoms with van der Waals surface area (Å²) in [4.78, 5) is 31.9. The maximum Gasteiger partial charge on any atom is 0.269 e. The molecule has 2 fully saturated rings. The molecule has 32 heavy (non-hydrogen) atoms. The molecule has 0 unspecified atom stereocenters. The normalized spacial score (nSPS) is 17.3. The van der Waals surface area contributed by atoms with E-state index in [0.717, 1.165) is 56.4 Å². The molecule has 0 N–H and O–H groups in total. The SMILES string of the molecule is COc1ccccc1N1CCN(C(=O)CN2CCN(c3ccc([N+](=O)[O-])cc3)CC2)CC1. The molecule has 0 atom stereocenters. The smallest absolute Gasteiger partial charge is 0.269 e. The zero-order valence-electron chi connectivity index (χ0n) is 18.4. The number of benzene rings is 2. The Balaban J connectivity index is 1.24. The highest BCUT2D eigenvalue weighted by Gasteiger charge is 2.26. The number of methoxy groups -OCH3 is 1. The molecule has 2 aliphatic rings. The number of nitrogens with zero attached hydrogens (tertiary/aromatic N) is 5. The highest BCUT2D eigenvalue weighted by Crippen LogP contribution is 2.28. The number of nitro groups is 1. The van der Waals surface area contributed by atoms with Crippen LogP contribution in [0, 0.1) is 10.1 Å². The summed E-state index contributed by atoms with van der Waals surface area (Å²) < 4.78 is 5.47. The second-order valence-electron chi connectivity index (χ2n) is 8.08. The van der Waals surface area contributed by atoms with E-state index in [1.807, 2.05) is 23.1 Å². The molecular formula is C23H29N5O4. The lowest BCUT2D eigenvalue weighted by molar-refractivity contribution is -0.384. The van der Waals surface area contributed by atoms with Gasteiger partial charge >= 0.3 is 0 Å². The van der Waals surface area contributed by atoms with Crippen LogP contribution in [0.3, 0.4) is 0 Å². The molecule has 9 nitrogen and oxygen atoms in total. The van der Waals surface area contributed by atoms with E-state index in [4.69, 9.17) is 4.74 Å². The van der Waals surface area contributed by atoms with Gasteiger partial charge in [-0.25, -0.2) is 0 Å². The number of carbonyl (C=O) groups excluding carboxylic acids is 1. The van der Waals surface area contributed by atoms with Gasteiger partial charge in [0.05, 0.1) is 24.3 Å². The lowest BCUT2D eigenvalue weighted by Crippen LogP contribution is -2.54. The molecule has 0 aromatic heterocycles. The first-order valence-electron chi connectivity index (χ1n) is 10.9. The van der Waals surface area contributed by atoms with Crippen LogP contribution in [-0.4, -0.2) is 86.6 Å². The van der Waals surface area contributed by atoms with Gasteiger partial charge in [0.25, 0.3) is 5.69 Å². The van der Waals surface area contributed by atoms with E-state index in [2.05, 4.69) is 20.8 Å². The Hall–Kier alpha value is -3.33. The van der Waals surface area contributed by atoms with Gasteiger partial charge in [-0.3, -0.25) is 19.8 Å². The first-order valence-corrected chi connectivity index (χ1v) is 10.9. The third kappa shape index (κ3) is 4.94. The summed E-state index contributed by atoms with van der Waals surface area (Å²) in [5, 5.41) is 10.8. The van der Waals surface area contributed by atoms with Crippen LogP contribution in [-0.2, 0) is 4.79 Å². The first-order chi connectivity index (χ1) is 15.5. The van der Waals surface area contributed by atoms with Crippen LogP contribution < -0.4 is 14.5 Å². The molecule has 2 aliphatic heterocycles. The fourth-order valence-electron chi connectivity index (χ4n) is 4.33. The van der Waals surface area contributed by atoms with Crippen LogP contribution in [0.4, 0.5) is 17.1 Å². The number of nitro benzene ring substituents is 1. The van der Waals surface area contributed by atoms with Crippen molar-refractivity contribution in [2.24, 2.45) is 0 Å². The molecule has 170 valence electrons. The van der Waals surface area contributed by atoms with Gasteiger partial charge in [-0.2, -0.15) is 0 Å². The summed E-state index contributed by atoms with van der Waals surface area (Å²) in [7, 11) is 1.68. The minimum Gasteiger partial charge on any atom is -0.495 e. The van der Waals surface area contributed by atoms with E-state index in [1.165, 1.54) is 12.1 Å². The van der Waals surface area contributed by atoms with E-state index in [1.54, 1.807) is 19.2 Å². The molecule has 9 heteroatoms. The molecule has 0 radical (unpaired) electrons. The van der Waals surface area contributed by atoms with E-state index >= 15 is 0 Å². The fourth-order valence-corrected chi connectivity index (χ4v) is 4.33. The maximum atomic E-state index is 12.8. The van der Waals surface area contributed by atoms with Crippen LogP contribution in [0.5, 0.6) is 5.75 Å². The molecule has 2 heterocycles. The van der Waals surface area contributed by atoms with E-state index in [-0.39, 0.29) is 16.5 Å². The topological polar surface area (TPSA) is 82.4 Å². The molecule has 0 saturated carbocycles. The Bertz CT molecular complexity index is 936. The summed E-state index contributed by atoms with van der Waals surface area (Å²) in [5.41, 5.74) is 2.15. The number of hydrogen-bond donors (Lipinski definition) is 0. The van der Waals surface area contributed by atoms with Crippen LogP contribution >= 0.6 is 0 Å². The monoisotopic (exact) mass is 439 g/mol. The average Bonchev–Trinajstić information content (AvgIpc) is 2.84. The van der Waals surface area contributed by atoms with Gasteiger partial charge in [-0.1, -0.05) is 12.1 Å². The summed E-state index contributed by atoms with van der Waals surface area (Å²) in [6, 6.07) is 14.6. The van der Waals surface area contributed by atoms with Crippen molar-refractivity contribution in [3.8, 4) is 5.75 Å². The fraction of sp³-hybridized carbons (Fsp3) is 0.435. The number of carbonyl (C=O) groups is 1. The van der Waals surface area contributed by atoms with Crippen molar-refractivity contribution in [2.45, 2.75) is 0 Å². The molecule has 0 bridgehead atoms. The largest absolute Gasteiger partial charge is 0.495 e. The maximum absolute atomic E-state index is 12.8. The summed E-state index contributed by atoms with van der Waals surface area (Å²) in [6.07, 6.45) is 0. The second-order valence-corrected chi connectivity index (χ2v) is 8.08. The number of anilines is 2. The van der Waals surface area contributed by atoms with Crippen molar-refractivity contribution < 1.29 is 14.5 Å². The third-order valence-corrected chi connectivity index (χ3v) is 6.22. The number of piperazine rings is 2. The van der Waals surface area contributed by atoms with Crippen LogP contribution in [0.1, 0.15) is 0 Å². The molecular weight excluding hydrogens is 410 g/mol. The highest BCUT2D eigenvalue weighted by molar-refractivity contribution is 5.78. The van der Waals surface area contributed by atoms with Crippen molar-refractivity contribution in [1.82, 2.24) is 9.80 Å². The van der Waals surface area contributed by atoms with Gasteiger partial charge in [0, 0.05) is 70.2 Å². The Morgan fingerprint density at radius 2 is 1.53 bits per heavy atom. The molecule has 2 saturated heterocycles. The van der Waals surface area contributed by atoms with Crippen molar-refractivity contribution in [2.75, 3.05) is 75.8 Å². The quantitative estimate of drug-likeness (QED) is 0.503. The summed E-state index contributed by atoms with van der Waals surface area (Å²) in [6.45, 7) is 6.62. The van der Waals surface area contributed by atoms with Gasteiger partial charge < -0.3 is 19.4 Å². The van der Waals surface area contributed by atoms with E-state index in [0.29, 0.717) is 19.6 Å². The van der Waals surface area contributed by atoms with E-state index in [9.17, 15) is 14.9 Å². The third-order valence-electron chi connectivity index (χ3n) is 6.22. The summed E-state index contributed by atoms with van der Waals surface area (Å²) in [5.74, 6) is 1.03. The highest BCUT2D eigenvalue weighted by atomic mass is 16.6. The predicted molar refractivity (Wildman–Crippen MR) is 124 cm³/mol. The minimum absolute atomic E-state index is 0.101. The molecule has 0 spiro atoms. The number of ether oxygens (including phenoxy) is 1. The molecule has 0 aliphatic carbocycles. The number of rotatable bonds is 6. The zero-order chi connectivity index (χ0) is 22.5. The number of amides is 1. The van der Waals surface area contributed by atoms with Crippen molar-refractivity contribution >= 4 is 23.0 Å². The second kappa shape index (κ2) is 9.86. The Morgan fingerprint density at radius 1 is 0.906 bits per heavy atom. The van der Waals surface area contributed by atoms with Crippen LogP contribution in [0.2, 0.25) is 0 Å². The standard InChI is InChI=1S/C23H29N5O4/c1-32-22-5-3-2-4-21(22)26-14-16-27(17-15-26)23(29)18-24-10-12-25(13-11-24)19-6-8-20(9-7-19)28(30)31/h2-9H,10-18H2,1H3. The number of para-hydroxylation sites is 2. The van der Waals surface area contributed by atoms with Crippen LogP contribution in [0.25, 0.3) is 0 Å². The zero-order valence-corrected chi connectivity index (χ0v) is 18.4. The lowest BCUT2D eigenvalue weighted by atomic mass is 10.2.